The Balaban J connectivity index is 1.91. The second-order valence-corrected chi connectivity index (χ2v) is 7.51. The Morgan fingerprint density at radius 1 is 1.00 bits per heavy atom. The molecule has 3 rings (SSSR count). The molecule has 0 spiro atoms. The predicted octanol–water partition coefficient (Wildman–Crippen LogP) is 4.15. The first-order valence-electron chi connectivity index (χ1n) is 9.40. The molecule has 1 aliphatic heterocycles. The minimum atomic E-state index is -1.30. The number of benzene rings is 2. The molecule has 2 aromatic rings. The van der Waals surface area contributed by atoms with E-state index in [1.807, 2.05) is 36.1 Å². The topological polar surface area (TPSA) is 43.7 Å². The van der Waals surface area contributed by atoms with E-state index >= 15 is 0 Å². The molecule has 2 N–H and O–H groups in total. The van der Waals surface area contributed by atoms with Gasteiger partial charge in [0.05, 0.1) is 0 Å². The molecular weight excluding hydrogens is 329 g/mol. The van der Waals surface area contributed by atoms with Crippen LogP contribution in [0, 0.1) is 5.82 Å². The predicted molar refractivity (Wildman–Crippen MR) is 102 cm³/mol. The molecule has 26 heavy (non-hydrogen) atoms. The number of piperidine rings is 1. The molecule has 3 nitrogen and oxygen atoms in total. The van der Waals surface area contributed by atoms with Gasteiger partial charge in [-0.25, -0.2) is 4.39 Å². The summed E-state index contributed by atoms with van der Waals surface area (Å²) in [6, 6.07) is 14.2. The monoisotopic (exact) mass is 357 g/mol. The summed E-state index contributed by atoms with van der Waals surface area (Å²) in [7, 11) is 0. The molecule has 1 fully saturated rings. The molecule has 1 heterocycles. The van der Waals surface area contributed by atoms with Crippen molar-refractivity contribution in [3.63, 3.8) is 0 Å². The molecule has 0 saturated carbocycles. The normalized spacial score (nSPS) is 20.3. The fraction of sp³-hybridized carbons (Fsp3) is 0.455. The number of rotatable bonds is 5. The molecule has 0 bridgehead atoms. The molecule has 3 atom stereocenters. The van der Waals surface area contributed by atoms with E-state index in [1.54, 1.807) is 19.1 Å². The van der Waals surface area contributed by atoms with Crippen LogP contribution in [0.1, 0.15) is 44.6 Å². The molecule has 140 valence electrons. The van der Waals surface area contributed by atoms with Gasteiger partial charge in [0.1, 0.15) is 17.6 Å². The van der Waals surface area contributed by atoms with Crippen molar-refractivity contribution in [2.24, 2.45) is 0 Å². The highest BCUT2D eigenvalue weighted by atomic mass is 19.1. The van der Waals surface area contributed by atoms with Gasteiger partial charge in [-0.2, -0.15) is 0 Å². The number of hydrogen-bond donors (Lipinski definition) is 2. The minimum Gasteiger partial charge on any atom is -0.385 e. The van der Waals surface area contributed by atoms with Gasteiger partial charge in [-0.15, -0.1) is 0 Å². The van der Waals surface area contributed by atoms with Crippen LogP contribution in [0.4, 0.5) is 4.39 Å². The number of aliphatic hydroxyl groups is 2. The van der Waals surface area contributed by atoms with Crippen molar-refractivity contribution >= 4 is 0 Å². The molecule has 0 amide bonds. The Morgan fingerprint density at radius 3 is 2.27 bits per heavy atom. The number of aliphatic hydroxyl groups excluding tert-OH is 1. The van der Waals surface area contributed by atoms with Crippen molar-refractivity contribution in [2.45, 2.75) is 50.9 Å². The third-order valence-corrected chi connectivity index (χ3v) is 5.72. The molecule has 4 heteroatoms. The number of hydrogen-bond acceptors (Lipinski definition) is 3. The van der Waals surface area contributed by atoms with Crippen LogP contribution in [-0.4, -0.2) is 40.0 Å². The Morgan fingerprint density at radius 2 is 1.62 bits per heavy atom. The number of halogens is 1. The van der Waals surface area contributed by atoms with Crippen molar-refractivity contribution in [1.82, 2.24) is 4.90 Å². The average Bonchev–Trinajstić information content (AvgIpc) is 2.68. The van der Waals surface area contributed by atoms with E-state index in [1.165, 1.54) is 18.6 Å². The van der Waals surface area contributed by atoms with Gasteiger partial charge >= 0.3 is 0 Å². The minimum absolute atomic E-state index is 0.271. The maximum atomic E-state index is 13.3. The third-order valence-electron chi connectivity index (χ3n) is 5.72. The fourth-order valence-corrected chi connectivity index (χ4v) is 3.84. The maximum Gasteiger partial charge on any atom is 0.136 e. The Kier molecular flexibility index (Phi) is 5.76. The lowest BCUT2D eigenvalue weighted by molar-refractivity contribution is -0.154. The van der Waals surface area contributed by atoms with Gasteiger partial charge in [-0.3, -0.25) is 4.90 Å². The highest BCUT2D eigenvalue weighted by Gasteiger charge is 2.41. The van der Waals surface area contributed by atoms with Gasteiger partial charge in [-0.1, -0.05) is 49.7 Å². The van der Waals surface area contributed by atoms with Crippen molar-refractivity contribution in [2.75, 3.05) is 13.1 Å². The van der Waals surface area contributed by atoms with E-state index in [0.717, 1.165) is 42.6 Å². The lowest BCUT2D eigenvalue weighted by Crippen LogP contribution is -2.55. The standard InChI is InChI=1S/C22H28FNO2/c1-16(22(2,26)21(25)24-14-6-3-7-15-24)19-8-4-5-9-20(19)17-10-12-18(23)13-11-17/h4-5,8-13,16,21,25-26H,3,6-7,14-15H2,1-2H3. The summed E-state index contributed by atoms with van der Waals surface area (Å²) >= 11 is 0. The van der Waals surface area contributed by atoms with Crippen LogP contribution in [-0.2, 0) is 0 Å². The summed E-state index contributed by atoms with van der Waals surface area (Å²) < 4.78 is 13.3. The van der Waals surface area contributed by atoms with Crippen LogP contribution in [0.5, 0.6) is 0 Å². The first-order chi connectivity index (χ1) is 12.4. The average molecular weight is 357 g/mol. The molecule has 2 aromatic carbocycles. The van der Waals surface area contributed by atoms with E-state index < -0.39 is 11.8 Å². The first-order valence-corrected chi connectivity index (χ1v) is 9.40. The smallest absolute Gasteiger partial charge is 0.136 e. The zero-order valence-corrected chi connectivity index (χ0v) is 15.5. The highest BCUT2D eigenvalue weighted by Crippen LogP contribution is 2.38. The SMILES string of the molecule is CC(c1ccccc1-c1ccc(F)cc1)C(C)(O)C(O)N1CCCCC1. The molecular formula is C22H28FNO2. The molecule has 1 aliphatic rings. The lowest BCUT2D eigenvalue weighted by Gasteiger charge is -2.42. The van der Waals surface area contributed by atoms with Gasteiger partial charge in [0.15, 0.2) is 0 Å². The summed E-state index contributed by atoms with van der Waals surface area (Å²) in [5.41, 5.74) is 1.50. The van der Waals surface area contributed by atoms with Crippen LogP contribution in [0.3, 0.4) is 0 Å². The quantitative estimate of drug-likeness (QED) is 0.845. The maximum absolute atomic E-state index is 13.3. The Bertz CT molecular complexity index is 723. The van der Waals surface area contributed by atoms with Crippen LogP contribution in [0.15, 0.2) is 48.5 Å². The summed E-state index contributed by atoms with van der Waals surface area (Å²) in [4.78, 5) is 1.97. The van der Waals surface area contributed by atoms with E-state index in [4.69, 9.17) is 0 Å². The van der Waals surface area contributed by atoms with Crippen molar-refractivity contribution in [3.05, 3.63) is 59.9 Å². The van der Waals surface area contributed by atoms with E-state index in [-0.39, 0.29) is 11.7 Å². The van der Waals surface area contributed by atoms with Crippen LogP contribution >= 0.6 is 0 Å². The molecule has 0 radical (unpaired) electrons. The molecule has 1 saturated heterocycles. The second kappa shape index (κ2) is 7.87. The molecule has 3 unspecified atom stereocenters. The largest absolute Gasteiger partial charge is 0.385 e. The van der Waals surface area contributed by atoms with Gasteiger partial charge < -0.3 is 10.2 Å². The van der Waals surface area contributed by atoms with Crippen LogP contribution in [0.2, 0.25) is 0 Å². The highest BCUT2D eigenvalue weighted by molar-refractivity contribution is 5.68. The summed E-state index contributed by atoms with van der Waals surface area (Å²) in [6.07, 6.45) is 2.36. The van der Waals surface area contributed by atoms with Crippen LogP contribution in [0.25, 0.3) is 11.1 Å². The second-order valence-electron chi connectivity index (χ2n) is 7.51. The van der Waals surface area contributed by atoms with E-state index in [2.05, 4.69) is 0 Å². The summed E-state index contributed by atoms with van der Waals surface area (Å²) in [5.74, 6) is -0.563. The van der Waals surface area contributed by atoms with Crippen molar-refractivity contribution < 1.29 is 14.6 Å². The van der Waals surface area contributed by atoms with Gasteiger partial charge in [-0.05, 0) is 48.6 Å². The summed E-state index contributed by atoms with van der Waals surface area (Å²) in [5, 5.41) is 22.1. The molecule has 0 aromatic heterocycles. The van der Waals surface area contributed by atoms with Crippen molar-refractivity contribution in [1.29, 1.82) is 0 Å². The van der Waals surface area contributed by atoms with Gasteiger partial charge in [0, 0.05) is 19.0 Å². The zero-order valence-electron chi connectivity index (χ0n) is 15.5. The Labute approximate surface area is 155 Å². The summed E-state index contributed by atoms with van der Waals surface area (Å²) in [6.45, 7) is 5.27. The van der Waals surface area contributed by atoms with E-state index in [0.29, 0.717) is 0 Å². The van der Waals surface area contributed by atoms with Gasteiger partial charge in [0.25, 0.3) is 0 Å². The van der Waals surface area contributed by atoms with Crippen LogP contribution < -0.4 is 0 Å². The first kappa shape index (κ1) is 19.0. The van der Waals surface area contributed by atoms with Crippen molar-refractivity contribution in [3.8, 4) is 11.1 Å². The van der Waals surface area contributed by atoms with E-state index in [9.17, 15) is 14.6 Å². The molecule has 0 aliphatic carbocycles. The Hall–Kier alpha value is -1.75. The zero-order chi connectivity index (χ0) is 18.7. The fourth-order valence-electron chi connectivity index (χ4n) is 3.84. The van der Waals surface area contributed by atoms with Gasteiger partial charge in [0.2, 0.25) is 0 Å². The number of likely N-dealkylation sites (tertiary alicyclic amines) is 1. The third kappa shape index (κ3) is 3.83. The lowest BCUT2D eigenvalue weighted by atomic mass is 9.79. The number of nitrogens with zero attached hydrogens (tertiary/aromatic N) is 1.